The Kier molecular flexibility index (Phi) is 3.53. The van der Waals surface area contributed by atoms with E-state index < -0.39 is 6.43 Å². The fraction of sp³-hybridized carbons (Fsp3) is 0.429. The minimum Gasteiger partial charge on any atom is -0.353 e. The van der Waals surface area contributed by atoms with Gasteiger partial charge >= 0.3 is 0 Å². The Morgan fingerprint density at radius 1 is 1.62 bits per heavy atom. The van der Waals surface area contributed by atoms with Crippen LogP contribution in [0.5, 0.6) is 0 Å². The van der Waals surface area contributed by atoms with Crippen molar-refractivity contribution >= 4 is 21.7 Å². The molecule has 0 aliphatic rings. The van der Waals surface area contributed by atoms with Crippen molar-refractivity contribution in [2.75, 3.05) is 18.5 Å². The van der Waals surface area contributed by atoms with Gasteiger partial charge in [-0.05, 0) is 15.9 Å². The molecule has 0 N–H and O–H groups in total. The highest BCUT2D eigenvalue weighted by molar-refractivity contribution is 9.10. The third-order valence-electron chi connectivity index (χ3n) is 1.42. The maximum absolute atomic E-state index is 12.0. The molecule has 0 bridgehead atoms. The van der Waals surface area contributed by atoms with Crippen molar-refractivity contribution in [1.82, 2.24) is 9.97 Å². The van der Waals surface area contributed by atoms with Crippen LogP contribution in [0.2, 0.25) is 0 Å². The van der Waals surface area contributed by atoms with E-state index in [2.05, 4.69) is 25.9 Å². The van der Waals surface area contributed by atoms with Gasteiger partial charge in [0.1, 0.15) is 12.1 Å². The van der Waals surface area contributed by atoms with E-state index in [1.165, 1.54) is 17.4 Å². The first kappa shape index (κ1) is 10.3. The maximum atomic E-state index is 12.0. The Labute approximate surface area is 82.9 Å². The van der Waals surface area contributed by atoms with E-state index in [1.807, 2.05) is 0 Å². The van der Waals surface area contributed by atoms with Crippen molar-refractivity contribution in [2.24, 2.45) is 0 Å². The molecule has 6 heteroatoms. The molecule has 1 aromatic rings. The second-order valence-electron chi connectivity index (χ2n) is 2.47. The van der Waals surface area contributed by atoms with E-state index in [9.17, 15) is 8.78 Å². The molecule has 0 aliphatic carbocycles. The first-order valence-electron chi connectivity index (χ1n) is 3.56. The highest BCUT2D eigenvalue weighted by atomic mass is 79.9. The van der Waals surface area contributed by atoms with Gasteiger partial charge in [-0.3, -0.25) is 0 Å². The summed E-state index contributed by atoms with van der Waals surface area (Å²) in [4.78, 5) is 8.97. The fourth-order valence-corrected chi connectivity index (χ4v) is 1.40. The van der Waals surface area contributed by atoms with Gasteiger partial charge < -0.3 is 4.90 Å². The van der Waals surface area contributed by atoms with Gasteiger partial charge in [0.05, 0.1) is 11.0 Å². The summed E-state index contributed by atoms with van der Waals surface area (Å²) in [5.74, 6) is 0.468. The Morgan fingerprint density at radius 2 is 2.31 bits per heavy atom. The zero-order valence-corrected chi connectivity index (χ0v) is 8.50. The van der Waals surface area contributed by atoms with Gasteiger partial charge in [0.2, 0.25) is 0 Å². The molecular weight excluding hydrogens is 244 g/mol. The highest BCUT2D eigenvalue weighted by Gasteiger charge is 2.11. The van der Waals surface area contributed by atoms with Crippen LogP contribution in [0, 0.1) is 0 Å². The average molecular weight is 252 g/mol. The lowest BCUT2D eigenvalue weighted by Gasteiger charge is -2.17. The molecule has 3 nitrogen and oxygen atoms in total. The first-order valence-corrected chi connectivity index (χ1v) is 4.35. The molecular formula is C7H8BrF2N3. The molecule has 0 saturated heterocycles. The molecule has 0 radical (unpaired) electrons. The molecule has 0 atom stereocenters. The molecule has 0 saturated carbocycles. The number of nitrogens with zero attached hydrogens (tertiary/aromatic N) is 3. The smallest absolute Gasteiger partial charge is 0.255 e. The van der Waals surface area contributed by atoms with Crippen LogP contribution in [0.1, 0.15) is 0 Å². The monoisotopic (exact) mass is 251 g/mol. The van der Waals surface area contributed by atoms with Crippen LogP contribution in [0.4, 0.5) is 14.6 Å². The van der Waals surface area contributed by atoms with Crippen LogP contribution in [-0.4, -0.2) is 30.0 Å². The summed E-state index contributed by atoms with van der Waals surface area (Å²) >= 11 is 3.18. The lowest BCUT2D eigenvalue weighted by atomic mass is 10.5. The average Bonchev–Trinajstić information content (AvgIpc) is 2.03. The Morgan fingerprint density at radius 3 is 2.85 bits per heavy atom. The summed E-state index contributed by atoms with van der Waals surface area (Å²) in [6, 6.07) is 0. The summed E-state index contributed by atoms with van der Waals surface area (Å²) in [7, 11) is 1.55. The van der Waals surface area contributed by atoms with Gasteiger partial charge in [-0.1, -0.05) is 0 Å². The molecule has 0 aromatic carbocycles. The van der Waals surface area contributed by atoms with E-state index in [4.69, 9.17) is 0 Å². The molecule has 1 heterocycles. The predicted octanol–water partition coefficient (Wildman–Crippen LogP) is 1.94. The van der Waals surface area contributed by atoms with Crippen LogP contribution in [0.25, 0.3) is 0 Å². The number of rotatable bonds is 3. The van der Waals surface area contributed by atoms with Crippen LogP contribution in [0.15, 0.2) is 17.0 Å². The number of hydrogen-bond acceptors (Lipinski definition) is 3. The lowest BCUT2D eigenvalue weighted by molar-refractivity contribution is 0.156. The van der Waals surface area contributed by atoms with Crippen LogP contribution < -0.4 is 4.90 Å². The molecule has 0 fully saturated rings. The predicted molar refractivity (Wildman–Crippen MR) is 49.0 cm³/mol. The largest absolute Gasteiger partial charge is 0.353 e. The Hall–Kier alpha value is -0.780. The highest BCUT2D eigenvalue weighted by Crippen LogP contribution is 2.20. The SMILES string of the molecule is CN(CC(F)F)c1ncncc1Br. The van der Waals surface area contributed by atoms with Crippen molar-refractivity contribution in [3.63, 3.8) is 0 Å². The maximum Gasteiger partial charge on any atom is 0.255 e. The van der Waals surface area contributed by atoms with Crippen molar-refractivity contribution in [1.29, 1.82) is 0 Å². The molecule has 1 rings (SSSR count). The van der Waals surface area contributed by atoms with Gasteiger partial charge in [0, 0.05) is 13.2 Å². The van der Waals surface area contributed by atoms with Crippen molar-refractivity contribution < 1.29 is 8.78 Å². The summed E-state index contributed by atoms with van der Waals surface area (Å²) in [6.07, 6.45) is 0.471. The van der Waals surface area contributed by atoms with Crippen LogP contribution in [-0.2, 0) is 0 Å². The first-order chi connectivity index (χ1) is 6.11. The topological polar surface area (TPSA) is 29.0 Å². The zero-order chi connectivity index (χ0) is 9.84. The minimum atomic E-state index is -2.37. The van der Waals surface area contributed by atoms with E-state index in [-0.39, 0.29) is 6.54 Å². The zero-order valence-electron chi connectivity index (χ0n) is 6.91. The molecule has 1 aromatic heterocycles. The summed E-state index contributed by atoms with van der Waals surface area (Å²) in [5.41, 5.74) is 0. The quantitative estimate of drug-likeness (QED) is 0.823. The van der Waals surface area contributed by atoms with Crippen LogP contribution >= 0.6 is 15.9 Å². The second kappa shape index (κ2) is 4.45. The standard InChI is InChI=1S/C7H8BrF2N3/c1-13(3-6(9)10)7-5(8)2-11-4-12-7/h2,4,6H,3H2,1H3. The fourth-order valence-electron chi connectivity index (χ4n) is 0.881. The minimum absolute atomic E-state index is 0.338. The van der Waals surface area contributed by atoms with Gasteiger partial charge in [-0.25, -0.2) is 18.7 Å². The van der Waals surface area contributed by atoms with E-state index in [1.54, 1.807) is 7.05 Å². The number of halogens is 3. The summed E-state index contributed by atoms with van der Waals surface area (Å²) in [6.45, 7) is -0.338. The number of aromatic nitrogens is 2. The Balaban J connectivity index is 2.76. The molecule has 72 valence electrons. The summed E-state index contributed by atoms with van der Waals surface area (Å²) < 4.78 is 24.6. The normalized spacial score (nSPS) is 10.5. The third kappa shape index (κ3) is 2.87. The third-order valence-corrected chi connectivity index (χ3v) is 1.98. The lowest BCUT2D eigenvalue weighted by Crippen LogP contribution is -2.25. The van der Waals surface area contributed by atoms with Gasteiger partial charge in [0.15, 0.2) is 0 Å². The molecule has 0 spiro atoms. The summed E-state index contributed by atoms with van der Waals surface area (Å²) in [5, 5.41) is 0. The van der Waals surface area contributed by atoms with E-state index in [0.717, 1.165) is 0 Å². The Bertz CT molecular complexity index is 282. The van der Waals surface area contributed by atoms with Crippen molar-refractivity contribution in [2.45, 2.75) is 6.43 Å². The van der Waals surface area contributed by atoms with Crippen molar-refractivity contribution in [3.05, 3.63) is 17.0 Å². The van der Waals surface area contributed by atoms with E-state index in [0.29, 0.717) is 10.3 Å². The molecule has 0 unspecified atom stereocenters. The number of hydrogen-bond donors (Lipinski definition) is 0. The van der Waals surface area contributed by atoms with Gasteiger partial charge in [-0.2, -0.15) is 0 Å². The number of anilines is 1. The number of alkyl halides is 2. The van der Waals surface area contributed by atoms with Crippen molar-refractivity contribution in [3.8, 4) is 0 Å². The van der Waals surface area contributed by atoms with E-state index >= 15 is 0 Å². The van der Waals surface area contributed by atoms with Crippen LogP contribution in [0.3, 0.4) is 0 Å². The molecule has 0 aliphatic heterocycles. The second-order valence-corrected chi connectivity index (χ2v) is 3.32. The molecule has 13 heavy (non-hydrogen) atoms. The van der Waals surface area contributed by atoms with Gasteiger partial charge in [-0.15, -0.1) is 0 Å². The van der Waals surface area contributed by atoms with Gasteiger partial charge in [0.25, 0.3) is 6.43 Å². The molecule has 0 amide bonds.